The molecule has 1 atom stereocenters. The van der Waals surface area contributed by atoms with Crippen molar-refractivity contribution in [3.8, 4) is 0 Å². The molecule has 3 rings (SSSR count). The molecule has 0 aromatic heterocycles. The van der Waals surface area contributed by atoms with Crippen LogP contribution in [0.15, 0.2) is 48.5 Å². The second-order valence-electron chi connectivity index (χ2n) is 7.61. The van der Waals surface area contributed by atoms with Crippen molar-refractivity contribution in [2.24, 2.45) is 0 Å². The van der Waals surface area contributed by atoms with Crippen LogP contribution < -0.4 is 0 Å². The first-order valence-electron chi connectivity index (χ1n) is 9.78. The summed E-state index contributed by atoms with van der Waals surface area (Å²) < 4.78 is 0. The zero-order valence-electron chi connectivity index (χ0n) is 16.4. The van der Waals surface area contributed by atoms with Crippen LogP contribution in [0.1, 0.15) is 40.4 Å². The fourth-order valence-electron chi connectivity index (χ4n) is 3.81. The van der Waals surface area contributed by atoms with Gasteiger partial charge in [-0.15, -0.1) is 0 Å². The normalized spacial score (nSPS) is 18.6. The summed E-state index contributed by atoms with van der Waals surface area (Å²) in [6.45, 7) is 8.64. The zero-order valence-corrected chi connectivity index (χ0v) is 16.4. The maximum absolute atomic E-state index is 11.6. The largest absolute Gasteiger partial charge is 0.396 e. The number of aryl methyl sites for hydroxylation is 1. The molecule has 1 aliphatic heterocycles. The Kier molecular flexibility index (Phi) is 6.78. The number of ketones is 1. The molecule has 0 bridgehead atoms. The van der Waals surface area contributed by atoms with Crippen LogP contribution in [0.4, 0.5) is 0 Å². The number of benzene rings is 2. The van der Waals surface area contributed by atoms with E-state index in [9.17, 15) is 9.90 Å². The molecule has 0 aliphatic carbocycles. The molecular weight excluding hydrogens is 336 g/mol. The Labute approximate surface area is 162 Å². The van der Waals surface area contributed by atoms with Crippen molar-refractivity contribution in [3.63, 3.8) is 0 Å². The fourth-order valence-corrected chi connectivity index (χ4v) is 3.81. The van der Waals surface area contributed by atoms with Crippen LogP contribution in [-0.4, -0.2) is 53.0 Å². The highest BCUT2D eigenvalue weighted by molar-refractivity contribution is 5.94. The summed E-state index contributed by atoms with van der Waals surface area (Å²) in [6, 6.07) is 17.0. The van der Waals surface area contributed by atoms with Gasteiger partial charge in [0.1, 0.15) is 0 Å². The van der Waals surface area contributed by atoms with Crippen molar-refractivity contribution >= 4 is 5.78 Å². The van der Waals surface area contributed by atoms with E-state index in [-0.39, 0.29) is 12.4 Å². The van der Waals surface area contributed by atoms with Crippen LogP contribution in [0.2, 0.25) is 0 Å². The molecule has 1 saturated heterocycles. The third kappa shape index (κ3) is 5.48. The molecule has 1 N–H and O–H groups in total. The van der Waals surface area contributed by atoms with Crippen molar-refractivity contribution in [1.82, 2.24) is 9.80 Å². The summed E-state index contributed by atoms with van der Waals surface area (Å²) in [5, 5.41) is 9.53. The molecule has 1 aliphatic rings. The highest BCUT2D eigenvalue weighted by Gasteiger charge is 2.26. The minimum atomic E-state index is 0.109. The predicted octanol–water partition coefficient (Wildman–Crippen LogP) is 3.27. The predicted molar refractivity (Wildman–Crippen MR) is 109 cm³/mol. The zero-order chi connectivity index (χ0) is 19.2. The van der Waals surface area contributed by atoms with E-state index in [1.54, 1.807) is 6.92 Å². The number of hydrogen-bond acceptors (Lipinski definition) is 4. The fraction of sp³-hybridized carbons (Fsp3) is 0.435. The number of aliphatic hydroxyl groups excluding tert-OH is 1. The number of Topliss-reactive ketones (excluding diaryl/α,β-unsaturated/α-hetero) is 1. The summed E-state index contributed by atoms with van der Waals surface area (Å²) in [6.07, 6.45) is 0.788. The average Bonchev–Trinajstić information content (AvgIpc) is 2.66. The summed E-state index contributed by atoms with van der Waals surface area (Å²) in [7, 11) is 0. The molecule has 4 heteroatoms. The monoisotopic (exact) mass is 366 g/mol. The maximum atomic E-state index is 11.6. The van der Waals surface area contributed by atoms with Gasteiger partial charge < -0.3 is 5.11 Å². The van der Waals surface area contributed by atoms with E-state index in [4.69, 9.17) is 0 Å². The lowest BCUT2D eigenvalue weighted by Gasteiger charge is -2.41. The Bertz CT molecular complexity index is 757. The second kappa shape index (κ2) is 9.27. The smallest absolute Gasteiger partial charge is 0.159 e. The van der Waals surface area contributed by atoms with E-state index < -0.39 is 0 Å². The number of carbonyl (C=O) groups is 1. The Balaban J connectivity index is 1.63. The van der Waals surface area contributed by atoms with Crippen LogP contribution >= 0.6 is 0 Å². The van der Waals surface area contributed by atoms with Gasteiger partial charge in [-0.25, -0.2) is 0 Å². The molecule has 0 unspecified atom stereocenters. The molecule has 144 valence electrons. The van der Waals surface area contributed by atoms with Gasteiger partial charge in [0.2, 0.25) is 0 Å². The van der Waals surface area contributed by atoms with Crippen LogP contribution in [0.3, 0.4) is 0 Å². The molecule has 0 radical (unpaired) electrons. The first-order valence-corrected chi connectivity index (χ1v) is 9.78. The van der Waals surface area contributed by atoms with Crippen molar-refractivity contribution < 1.29 is 9.90 Å². The van der Waals surface area contributed by atoms with E-state index >= 15 is 0 Å². The van der Waals surface area contributed by atoms with Crippen molar-refractivity contribution in [3.05, 3.63) is 70.8 Å². The van der Waals surface area contributed by atoms with Gasteiger partial charge in [-0.1, -0.05) is 48.0 Å². The number of piperazine rings is 1. The van der Waals surface area contributed by atoms with E-state index in [0.717, 1.165) is 44.7 Å². The van der Waals surface area contributed by atoms with Gasteiger partial charge in [0.25, 0.3) is 0 Å². The molecule has 2 aromatic carbocycles. The van der Waals surface area contributed by atoms with E-state index in [1.165, 1.54) is 16.7 Å². The molecule has 0 spiro atoms. The van der Waals surface area contributed by atoms with E-state index in [2.05, 4.69) is 47.1 Å². The van der Waals surface area contributed by atoms with E-state index in [1.807, 2.05) is 18.2 Å². The van der Waals surface area contributed by atoms with Crippen LogP contribution in [-0.2, 0) is 13.1 Å². The van der Waals surface area contributed by atoms with Gasteiger partial charge in [-0.05, 0) is 37.5 Å². The highest BCUT2D eigenvalue weighted by atomic mass is 16.3. The van der Waals surface area contributed by atoms with Crippen LogP contribution in [0.5, 0.6) is 0 Å². The van der Waals surface area contributed by atoms with Crippen molar-refractivity contribution in [1.29, 1.82) is 0 Å². The van der Waals surface area contributed by atoms with Gasteiger partial charge in [0.05, 0.1) is 0 Å². The number of nitrogens with zero attached hydrogens (tertiary/aromatic N) is 2. The number of aliphatic hydroxyl groups is 1. The third-order valence-corrected chi connectivity index (χ3v) is 5.40. The SMILES string of the molecule is CC(=O)c1cccc(CN2CCN(Cc3ccc(C)cc3)[C@@H](CCO)C2)c1. The number of carbonyl (C=O) groups excluding carboxylic acids is 1. The minimum Gasteiger partial charge on any atom is -0.396 e. The van der Waals surface area contributed by atoms with Crippen molar-refractivity contribution in [2.45, 2.75) is 39.4 Å². The van der Waals surface area contributed by atoms with Crippen LogP contribution in [0.25, 0.3) is 0 Å². The lowest BCUT2D eigenvalue weighted by Crippen LogP contribution is -2.52. The van der Waals surface area contributed by atoms with E-state index in [0.29, 0.717) is 6.04 Å². The average molecular weight is 367 g/mol. The molecule has 1 fully saturated rings. The quantitative estimate of drug-likeness (QED) is 0.764. The molecular formula is C23H30N2O2. The van der Waals surface area contributed by atoms with Gasteiger partial charge in [-0.2, -0.15) is 0 Å². The molecule has 27 heavy (non-hydrogen) atoms. The highest BCUT2D eigenvalue weighted by Crippen LogP contribution is 2.19. The third-order valence-electron chi connectivity index (χ3n) is 5.40. The summed E-state index contributed by atoms with van der Waals surface area (Å²) in [5.41, 5.74) is 4.56. The molecule has 2 aromatic rings. The Morgan fingerprint density at radius 3 is 2.56 bits per heavy atom. The molecule has 0 amide bonds. The van der Waals surface area contributed by atoms with Crippen molar-refractivity contribution in [2.75, 3.05) is 26.2 Å². The van der Waals surface area contributed by atoms with Gasteiger partial charge in [0, 0.05) is 50.9 Å². The number of rotatable bonds is 7. The minimum absolute atomic E-state index is 0.109. The van der Waals surface area contributed by atoms with Gasteiger partial charge in [0.15, 0.2) is 5.78 Å². The second-order valence-corrected chi connectivity index (χ2v) is 7.61. The summed E-state index contributed by atoms with van der Waals surface area (Å²) in [4.78, 5) is 16.5. The topological polar surface area (TPSA) is 43.8 Å². The van der Waals surface area contributed by atoms with Gasteiger partial charge in [-0.3, -0.25) is 14.6 Å². The first-order chi connectivity index (χ1) is 13.0. The maximum Gasteiger partial charge on any atom is 0.159 e. The van der Waals surface area contributed by atoms with Gasteiger partial charge >= 0.3 is 0 Å². The lowest BCUT2D eigenvalue weighted by molar-refractivity contribution is 0.0499. The molecule has 0 saturated carbocycles. The Morgan fingerprint density at radius 2 is 1.85 bits per heavy atom. The lowest BCUT2D eigenvalue weighted by atomic mass is 10.0. The summed E-state index contributed by atoms with van der Waals surface area (Å²) >= 11 is 0. The molecule has 1 heterocycles. The Morgan fingerprint density at radius 1 is 1.07 bits per heavy atom. The summed E-state index contributed by atoms with van der Waals surface area (Å²) in [5.74, 6) is 0.109. The standard InChI is InChI=1S/C23H30N2O2/c1-18-6-8-20(9-7-18)16-25-12-11-24(17-23(25)10-13-26)15-21-4-3-5-22(14-21)19(2)27/h3-9,14,23,26H,10-13,15-17H2,1-2H3/t23-/m0/s1. The molecule has 4 nitrogen and oxygen atoms in total. The van der Waals surface area contributed by atoms with Crippen LogP contribution in [0, 0.1) is 6.92 Å². The first kappa shape index (κ1) is 19.7. The number of hydrogen-bond donors (Lipinski definition) is 1. The Hall–Kier alpha value is -2.01.